The van der Waals surface area contributed by atoms with Crippen LogP contribution in [0.25, 0.3) is 22.3 Å². The van der Waals surface area contributed by atoms with Crippen molar-refractivity contribution < 1.29 is 13.5 Å². The maximum Gasteiger partial charge on any atom is 0.220 e. The van der Waals surface area contributed by atoms with Gasteiger partial charge in [0.15, 0.2) is 0 Å². The first-order valence-corrected chi connectivity index (χ1v) is 7.29. The molecule has 3 heterocycles. The summed E-state index contributed by atoms with van der Waals surface area (Å²) in [5.74, 6) is -0.899. The molecule has 4 aromatic rings. The number of nitrogens with two attached hydrogens (primary N) is 1. The number of pyridine rings is 1. The molecule has 0 amide bonds. The van der Waals surface area contributed by atoms with Gasteiger partial charge in [0.2, 0.25) is 5.95 Å². The van der Waals surface area contributed by atoms with Crippen molar-refractivity contribution in [2.75, 3.05) is 5.73 Å². The molecule has 0 fully saturated rings. The molecule has 0 bridgehead atoms. The summed E-state index contributed by atoms with van der Waals surface area (Å²) in [6.07, 6.45) is 4.77. The molecule has 9 heteroatoms. The number of anilines is 1. The Hall–Kier alpha value is -3.26. The molecular weight excluding hydrogens is 364 g/mol. The van der Waals surface area contributed by atoms with Crippen molar-refractivity contribution >= 4 is 29.4 Å². The van der Waals surface area contributed by atoms with Gasteiger partial charge in [-0.1, -0.05) is 0 Å². The fraction of sp³-hybridized carbons (Fsp3) is 0. The molecule has 0 radical (unpaired) electrons. The largest absolute Gasteiger partial charge is 0.456 e. The van der Waals surface area contributed by atoms with Gasteiger partial charge in [0.25, 0.3) is 0 Å². The lowest BCUT2D eigenvalue weighted by Crippen LogP contribution is -1.95. The number of H-pyrrole nitrogens is 1. The van der Waals surface area contributed by atoms with Gasteiger partial charge in [0.1, 0.15) is 28.8 Å². The van der Waals surface area contributed by atoms with E-state index in [-0.39, 0.29) is 24.1 Å². The van der Waals surface area contributed by atoms with Gasteiger partial charge in [-0.15, -0.1) is 12.4 Å². The van der Waals surface area contributed by atoms with Gasteiger partial charge in [0, 0.05) is 42.4 Å². The molecule has 0 unspecified atom stereocenters. The third kappa shape index (κ3) is 3.27. The van der Waals surface area contributed by atoms with Crippen molar-refractivity contribution in [2.24, 2.45) is 0 Å². The van der Waals surface area contributed by atoms with E-state index in [2.05, 4.69) is 19.9 Å². The Morgan fingerprint density at radius 2 is 1.73 bits per heavy atom. The second kappa shape index (κ2) is 6.93. The smallest absolute Gasteiger partial charge is 0.220 e. The first kappa shape index (κ1) is 17.6. The minimum Gasteiger partial charge on any atom is -0.456 e. The van der Waals surface area contributed by atoms with E-state index in [9.17, 15) is 8.78 Å². The summed E-state index contributed by atoms with van der Waals surface area (Å²) in [5, 5.41) is 0.616. The van der Waals surface area contributed by atoms with Crippen LogP contribution in [-0.2, 0) is 0 Å². The molecule has 3 aromatic heterocycles. The normalized spacial score (nSPS) is 10.5. The van der Waals surface area contributed by atoms with E-state index in [4.69, 9.17) is 10.5 Å². The third-order valence-electron chi connectivity index (χ3n) is 3.55. The fourth-order valence-corrected chi connectivity index (χ4v) is 2.55. The van der Waals surface area contributed by atoms with Crippen molar-refractivity contribution in [1.82, 2.24) is 19.9 Å². The number of nitrogens with zero attached hydrogens (tertiary/aromatic N) is 3. The van der Waals surface area contributed by atoms with Gasteiger partial charge in [-0.3, -0.25) is 0 Å². The van der Waals surface area contributed by atoms with E-state index < -0.39 is 11.6 Å². The third-order valence-corrected chi connectivity index (χ3v) is 3.55. The van der Waals surface area contributed by atoms with E-state index in [0.717, 1.165) is 18.2 Å². The van der Waals surface area contributed by atoms with E-state index in [0.29, 0.717) is 28.0 Å². The molecule has 26 heavy (non-hydrogen) atoms. The highest BCUT2D eigenvalue weighted by molar-refractivity contribution is 5.97. The first-order chi connectivity index (χ1) is 12.1. The molecule has 6 nitrogen and oxygen atoms in total. The number of benzene rings is 1. The number of nitrogens with one attached hydrogen (secondary N) is 1. The highest BCUT2D eigenvalue weighted by Gasteiger charge is 2.15. The van der Waals surface area contributed by atoms with Crippen molar-refractivity contribution in [3.8, 4) is 22.8 Å². The number of fused-ring (bicyclic) bond motifs is 1. The van der Waals surface area contributed by atoms with E-state index in [1.807, 2.05) is 0 Å². The average molecular weight is 376 g/mol. The lowest BCUT2D eigenvalue weighted by molar-refractivity contribution is 0.473. The minimum atomic E-state index is -0.724. The molecule has 0 atom stereocenters. The molecule has 0 saturated heterocycles. The van der Waals surface area contributed by atoms with Crippen LogP contribution < -0.4 is 10.5 Å². The monoisotopic (exact) mass is 375 g/mol. The van der Waals surface area contributed by atoms with Crippen molar-refractivity contribution in [3.63, 3.8) is 0 Å². The molecule has 4 rings (SSSR count). The van der Waals surface area contributed by atoms with Crippen molar-refractivity contribution in [3.05, 3.63) is 60.6 Å². The van der Waals surface area contributed by atoms with Crippen LogP contribution in [0.15, 0.2) is 48.9 Å². The lowest BCUT2D eigenvalue weighted by Gasteiger charge is -2.09. The maximum atomic E-state index is 13.4. The van der Waals surface area contributed by atoms with E-state index >= 15 is 0 Å². The molecule has 0 aliphatic rings. The summed E-state index contributed by atoms with van der Waals surface area (Å²) in [6, 6.07) is 6.28. The SMILES string of the molecule is Cl.Nc1nccc(-c2c[nH]c3nccc(Oc4cc(F)cc(F)c4)c23)n1. The Bertz CT molecular complexity index is 1070. The predicted octanol–water partition coefficient (Wildman–Crippen LogP) is 4.09. The second-order valence-electron chi connectivity index (χ2n) is 5.24. The van der Waals surface area contributed by atoms with Crippen LogP contribution in [0.4, 0.5) is 14.7 Å². The van der Waals surface area contributed by atoms with Crippen LogP contribution in [0, 0.1) is 11.6 Å². The quantitative estimate of drug-likeness (QED) is 0.562. The summed E-state index contributed by atoms with van der Waals surface area (Å²) in [5.41, 5.74) is 7.44. The molecule has 0 aliphatic carbocycles. The Kier molecular flexibility index (Phi) is 4.68. The standard InChI is InChI=1S/C17H11F2N5O.ClH/c18-9-5-10(19)7-11(6-9)25-14-2-4-21-16-15(14)12(8-23-16)13-1-3-22-17(20)24-13;/h1-8H,(H,21,23)(H2,20,22,24);1H. The van der Waals surface area contributed by atoms with Crippen LogP contribution in [0.1, 0.15) is 0 Å². The second-order valence-corrected chi connectivity index (χ2v) is 5.24. The molecule has 1 aromatic carbocycles. The average Bonchev–Trinajstić information content (AvgIpc) is 2.99. The van der Waals surface area contributed by atoms with Crippen LogP contribution in [-0.4, -0.2) is 19.9 Å². The van der Waals surface area contributed by atoms with Gasteiger partial charge < -0.3 is 15.5 Å². The van der Waals surface area contributed by atoms with Crippen LogP contribution in [0.2, 0.25) is 0 Å². The molecule has 0 aliphatic heterocycles. The summed E-state index contributed by atoms with van der Waals surface area (Å²) in [7, 11) is 0. The summed E-state index contributed by atoms with van der Waals surface area (Å²) < 4.78 is 32.5. The Labute approximate surface area is 152 Å². The fourth-order valence-electron chi connectivity index (χ4n) is 2.55. The Morgan fingerprint density at radius 1 is 1.00 bits per heavy atom. The molecule has 3 N–H and O–H groups in total. The summed E-state index contributed by atoms with van der Waals surface area (Å²) >= 11 is 0. The zero-order valence-corrected chi connectivity index (χ0v) is 13.9. The summed E-state index contributed by atoms with van der Waals surface area (Å²) in [4.78, 5) is 15.3. The minimum absolute atomic E-state index is 0. The highest BCUT2D eigenvalue weighted by Crippen LogP contribution is 2.36. The Morgan fingerprint density at radius 3 is 2.46 bits per heavy atom. The van der Waals surface area contributed by atoms with E-state index in [1.54, 1.807) is 18.3 Å². The first-order valence-electron chi connectivity index (χ1n) is 7.29. The van der Waals surface area contributed by atoms with Crippen molar-refractivity contribution in [1.29, 1.82) is 0 Å². The van der Waals surface area contributed by atoms with Crippen LogP contribution >= 0.6 is 12.4 Å². The number of aromatic amines is 1. The number of halogens is 3. The van der Waals surface area contributed by atoms with Gasteiger partial charge >= 0.3 is 0 Å². The number of hydrogen-bond donors (Lipinski definition) is 2. The lowest BCUT2D eigenvalue weighted by atomic mass is 10.1. The topological polar surface area (TPSA) is 89.7 Å². The zero-order valence-electron chi connectivity index (χ0n) is 13.1. The predicted molar refractivity (Wildman–Crippen MR) is 95.2 cm³/mol. The van der Waals surface area contributed by atoms with Crippen LogP contribution in [0.3, 0.4) is 0 Å². The molecule has 0 saturated carbocycles. The van der Waals surface area contributed by atoms with Gasteiger partial charge in [0.05, 0.1) is 11.1 Å². The number of hydrogen-bond acceptors (Lipinski definition) is 5. The van der Waals surface area contributed by atoms with Gasteiger partial charge in [-0.25, -0.2) is 23.7 Å². The maximum absolute atomic E-state index is 13.4. The molecule has 0 spiro atoms. The van der Waals surface area contributed by atoms with Gasteiger partial charge in [-0.2, -0.15) is 0 Å². The van der Waals surface area contributed by atoms with Gasteiger partial charge in [-0.05, 0) is 12.1 Å². The van der Waals surface area contributed by atoms with Crippen LogP contribution in [0.5, 0.6) is 11.5 Å². The molecule has 132 valence electrons. The zero-order chi connectivity index (χ0) is 17.4. The number of nitrogen functional groups attached to an aromatic ring is 1. The Balaban J connectivity index is 0.00000196. The number of rotatable bonds is 3. The summed E-state index contributed by atoms with van der Waals surface area (Å²) in [6.45, 7) is 0. The molecular formula is C17H12ClF2N5O. The highest BCUT2D eigenvalue weighted by atomic mass is 35.5. The van der Waals surface area contributed by atoms with E-state index in [1.165, 1.54) is 12.4 Å². The number of aromatic nitrogens is 4. The van der Waals surface area contributed by atoms with Crippen molar-refractivity contribution in [2.45, 2.75) is 0 Å². The number of ether oxygens (including phenoxy) is 1.